The largest absolute Gasteiger partial charge is 0.302 e. The van der Waals surface area contributed by atoms with E-state index in [0.29, 0.717) is 6.42 Å². The molecule has 1 aliphatic rings. The van der Waals surface area contributed by atoms with Gasteiger partial charge in [0.2, 0.25) is 11.8 Å². The summed E-state index contributed by atoms with van der Waals surface area (Å²) in [5.74, 6) is -0.449. The normalized spacial score (nSPS) is 19.6. The van der Waals surface area contributed by atoms with Gasteiger partial charge in [0.1, 0.15) is 5.41 Å². The van der Waals surface area contributed by atoms with Gasteiger partial charge in [-0.15, -0.1) is 0 Å². The summed E-state index contributed by atoms with van der Waals surface area (Å²) in [5, 5.41) is 5.24. The number of amides is 2. The second-order valence-electron chi connectivity index (χ2n) is 4.08. The van der Waals surface area contributed by atoms with E-state index in [-0.39, 0.29) is 22.8 Å². The Balaban J connectivity index is 3.14. The summed E-state index contributed by atoms with van der Waals surface area (Å²) in [6.07, 6.45) is 2.11. The maximum Gasteiger partial charge on any atom is 0.242 e. The van der Waals surface area contributed by atoms with Crippen LogP contribution in [0.4, 0.5) is 0 Å². The number of rotatable bonds is 4. The van der Waals surface area contributed by atoms with E-state index >= 15 is 0 Å². The first kappa shape index (κ1) is 13.1. The van der Waals surface area contributed by atoms with Crippen molar-refractivity contribution in [1.29, 1.82) is 0 Å². The molecule has 0 radical (unpaired) electrons. The van der Waals surface area contributed by atoms with E-state index in [1.54, 1.807) is 0 Å². The first-order chi connectivity index (χ1) is 7.52. The number of hydrogen-bond donors (Lipinski definition) is 2. The zero-order valence-electron chi connectivity index (χ0n) is 9.92. The van der Waals surface area contributed by atoms with Crippen molar-refractivity contribution in [2.75, 3.05) is 0 Å². The van der Waals surface area contributed by atoms with Crippen molar-refractivity contribution in [3.05, 3.63) is 0 Å². The summed E-state index contributed by atoms with van der Waals surface area (Å²) in [5.41, 5.74) is -0.953. The first-order valence-corrected chi connectivity index (χ1v) is 6.10. The summed E-state index contributed by atoms with van der Waals surface area (Å²) in [6.45, 7) is 5.87. The lowest BCUT2D eigenvalue weighted by Crippen LogP contribution is -2.64. The molecule has 4 nitrogen and oxygen atoms in total. The van der Waals surface area contributed by atoms with E-state index in [1.807, 2.05) is 20.8 Å². The highest BCUT2D eigenvalue weighted by Crippen LogP contribution is 2.38. The summed E-state index contributed by atoms with van der Waals surface area (Å²) >= 11 is 4.81. The number of nitrogens with one attached hydrogen (secondary N) is 2. The quantitative estimate of drug-likeness (QED) is 0.578. The lowest BCUT2D eigenvalue weighted by Gasteiger charge is -2.39. The third kappa shape index (κ3) is 1.84. The van der Waals surface area contributed by atoms with Gasteiger partial charge < -0.3 is 10.6 Å². The molecule has 1 saturated heterocycles. The van der Waals surface area contributed by atoms with Crippen LogP contribution >= 0.6 is 12.2 Å². The van der Waals surface area contributed by atoms with Gasteiger partial charge in [-0.1, -0.05) is 33.6 Å². The highest BCUT2D eigenvalue weighted by atomic mass is 32.1. The summed E-state index contributed by atoms with van der Waals surface area (Å²) in [6, 6.07) is 0. The Kier molecular flexibility index (Phi) is 4.02. The molecule has 2 N–H and O–H groups in total. The van der Waals surface area contributed by atoms with E-state index < -0.39 is 5.41 Å². The van der Waals surface area contributed by atoms with Crippen molar-refractivity contribution in [2.45, 2.75) is 40.0 Å². The fourth-order valence-corrected chi connectivity index (χ4v) is 2.72. The molecule has 0 bridgehead atoms. The topological polar surface area (TPSA) is 58.2 Å². The van der Waals surface area contributed by atoms with Gasteiger partial charge in [-0.2, -0.15) is 0 Å². The smallest absolute Gasteiger partial charge is 0.242 e. The van der Waals surface area contributed by atoms with Crippen LogP contribution in [0.1, 0.15) is 40.0 Å². The highest BCUT2D eigenvalue weighted by Gasteiger charge is 2.52. The van der Waals surface area contributed by atoms with E-state index in [4.69, 9.17) is 12.2 Å². The van der Waals surface area contributed by atoms with Crippen LogP contribution in [0.25, 0.3) is 0 Å². The molecule has 0 atom stereocenters. The number of carbonyl (C=O) groups is 2. The van der Waals surface area contributed by atoms with Gasteiger partial charge in [0.05, 0.1) is 0 Å². The first-order valence-electron chi connectivity index (χ1n) is 5.69. The maximum atomic E-state index is 12.1. The third-order valence-corrected chi connectivity index (χ3v) is 3.71. The van der Waals surface area contributed by atoms with Gasteiger partial charge in [0.15, 0.2) is 5.11 Å². The van der Waals surface area contributed by atoms with Gasteiger partial charge in [0, 0.05) is 0 Å². The number of thiocarbonyl (C=S) groups is 1. The summed E-state index contributed by atoms with van der Waals surface area (Å²) in [4.78, 5) is 24.1. The molecule has 0 saturated carbocycles. The van der Waals surface area contributed by atoms with Crippen LogP contribution < -0.4 is 10.6 Å². The Morgan fingerprint density at radius 2 is 1.56 bits per heavy atom. The van der Waals surface area contributed by atoms with Crippen molar-refractivity contribution < 1.29 is 9.59 Å². The number of carbonyl (C=O) groups excluding carboxylic acids is 2. The van der Waals surface area contributed by atoms with Crippen LogP contribution in [0.15, 0.2) is 0 Å². The molecule has 16 heavy (non-hydrogen) atoms. The maximum absolute atomic E-state index is 12.1. The van der Waals surface area contributed by atoms with E-state index in [9.17, 15) is 9.59 Å². The molecule has 1 rings (SSSR count). The van der Waals surface area contributed by atoms with Gasteiger partial charge >= 0.3 is 0 Å². The minimum absolute atomic E-state index is 0.0561. The van der Waals surface area contributed by atoms with Crippen LogP contribution in [-0.2, 0) is 9.59 Å². The Morgan fingerprint density at radius 3 is 1.88 bits per heavy atom. The molecule has 90 valence electrons. The molecule has 0 unspecified atom stereocenters. The molecule has 1 aliphatic heterocycles. The zero-order chi connectivity index (χ0) is 12.3. The molecular weight excluding hydrogens is 224 g/mol. The highest BCUT2D eigenvalue weighted by molar-refractivity contribution is 7.80. The Labute approximate surface area is 101 Å². The SMILES string of the molecule is CCC(CC)C1(CC)C(=O)NC(=S)NC1=O. The van der Waals surface area contributed by atoms with Crippen LogP contribution in [0.5, 0.6) is 0 Å². The van der Waals surface area contributed by atoms with Gasteiger partial charge in [0.25, 0.3) is 0 Å². The molecule has 0 aromatic carbocycles. The second kappa shape index (κ2) is 4.91. The molecule has 1 fully saturated rings. The zero-order valence-corrected chi connectivity index (χ0v) is 10.7. The van der Waals surface area contributed by atoms with Gasteiger partial charge in [-0.05, 0) is 24.6 Å². The van der Waals surface area contributed by atoms with Crippen molar-refractivity contribution in [2.24, 2.45) is 11.3 Å². The molecule has 0 aliphatic carbocycles. The van der Waals surface area contributed by atoms with E-state index in [1.165, 1.54) is 0 Å². The van der Waals surface area contributed by atoms with Crippen molar-refractivity contribution in [3.8, 4) is 0 Å². The van der Waals surface area contributed by atoms with Gasteiger partial charge in [-0.25, -0.2) is 0 Å². The van der Waals surface area contributed by atoms with Crippen LogP contribution in [0.3, 0.4) is 0 Å². The monoisotopic (exact) mass is 242 g/mol. The average molecular weight is 242 g/mol. The van der Waals surface area contributed by atoms with Crippen molar-refractivity contribution in [3.63, 3.8) is 0 Å². The number of hydrogen-bond acceptors (Lipinski definition) is 3. The van der Waals surface area contributed by atoms with E-state index in [2.05, 4.69) is 10.6 Å². The average Bonchev–Trinajstić information content (AvgIpc) is 2.23. The third-order valence-electron chi connectivity index (χ3n) is 3.50. The summed E-state index contributed by atoms with van der Waals surface area (Å²) in [7, 11) is 0. The minimum atomic E-state index is -0.953. The Morgan fingerprint density at radius 1 is 1.12 bits per heavy atom. The Hall–Kier alpha value is -0.970. The van der Waals surface area contributed by atoms with Crippen molar-refractivity contribution >= 4 is 29.1 Å². The Bertz CT molecular complexity index is 304. The van der Waals surface area contributed by atoms with E-state index in [0.717, 1.165) is 12.8 Å². The molecule has 0 aromatic rings. The standard InChI is InChI=1S/C11H18N2O2S/c1-4-7(5-2)11(6-3)8(14)12-10(16)13-9(11)15/h7H,4-6H2,1-3H3,(H2,12,13,14,15,16). The predicted molar refractivity (Wildman–Crippen MR) is 65.7 cm³/mol. The second-order valence-corrected chi connectivity index (χ2v) is 4.48. The predicted octanol–water partition coefficient (Wildman–Crippen LogP) is 1.35. The molecule has 2 amide bonds. The van der Waals surface area contributed by atoms with Gasteiger partial charge in [-0.3, -0.25) is 9.59 Å². The lowest BCUT2D eigenvalue weighted by atomic mass is 9.68. The van der Waals surface area contributed by atoms with Crippen LogP contribution in [0, 0.1) is 11.3 Å². The fraction of sp³-hybridized carbons (Fsp3) is 0.727. The minimum Gasteiger partial charge on any atom is -0.302 e. The van der Waals surface area contributed by atoms with Crippen LogP contribution in [-0.4, -0.2) is 16.9 Å². The van der Waals surface area contributed by atoms with Crippen LogP contribution in [0.2, 0.25) is 0 Å². The lowest BCUT2D eigenvalue weighted by molar-refractivity contribution is -0.148. The molecule has 5 heteroatoms. The molecule has 0 spiro atoms. The molecule has 1 heterocycles. The summed E-state index contributed by atoms with van der Waals surface area (Å²) < 4.78 is 0. The van der Waals surface area contributed by atoms with Crippen molar-refractivity contribution in [1.82, 2.24) is 10.6 Å². The molecular formula is C11H18N2O2S. The molecule has 0 aromatic heterocycles. The fourth-order valence-electron chi connectivity index (χ4n) is 2.53.